The highest BCUT2D eigenvalue weighted by molar-refractivity contribution is 8.01. The van der Waals surface area contributed by atoms with Crippen LogP contribution in [-0.2, 0) is 9.59 Å². The lowest BCUT2D eigenvalue weighted by atomic mass is 10.2. The molecule has 8 nitrogen and oxygen atoms in total. The van der Waals surface area contributed by atoms with Crippen LogP contribution in [0.15, 0.2) is 71.6 Å². The number of thioether (sulfide) groups is 1. The lowest BCUT2D eigenvalue weighted by molar-refractivity contribution is -0.120. The van der Waals surface area contributed by atoms with Crippen molar-refractivity contribution in [3.63, 3.8) is 0 Å². The number of para-hydroxylation sites is 1. The van der Waals surface area contributed by atoms with Gasteiger partial charge in [-0.1, -0.05) is 30.3 Å². The van der Waals surface area contributed by atoms with Crippen LogP contribution in [-0.4, -0.2) is 37.2 Å². The molecule has 0 aromatic heterocycles. The maximum absolute atomic E-state index is 12.8. The average Bonchev–Trinajstić information content (AvgIpc) is 2.85. The molecule has 174 valence electrons. The van der Waals surface area contributed by atoms with Crippen LogP contribution in [0.5, 0.6) is 11.5 Å². The van der Waals surface area contributed by atoms with Crippen molar-refractivity contribution in [2.45, 2.75) is 16.6 Å². The highest BCUT2D eigenvalue weighted by Gasteiger charge is 2.29. The van der Waals surface area contributed by atoms with Gasteiger partial charge in [0.25, 0.3) is 5.91 Å². The van der Waals surface area contributed by atoms with E-state index in [0.29, 0.717) is 28.4 Å². The zero-order chi connectivity index (χ0) is 24.1. The number of ether oxygens (including phenoxy) is 2. The van der Waals surface area contributed by atoms with Gasteiger partial charge in [0.1, 0.15) is 11.5 Å². The second-order valence-electron chi connectivity index (χ2n) is 7.42. The number of anilines is 3. The van der Waals surface area contributed by atoms with Crippen LogP contribution in [0, 0.1) is 0 Å². The van der Waals surface area contributed by atoms with Gasteiger partial charge in [-0.15, -0.1) is 11.8 Å². The first-order valence-corrected chi connectivity index (χ1v) is 11.3. The minimum Gasteiger partial charge on any atom is -0.494 e. The smallest absolute Gasteiger partial charge is 0.255 e. The summed E-state index contributed by atoms with van der Waals surface area (Å²) in [6.45, 7) is 0. The summed E-state index contributed by atoms with van der Waals surface area (Å²) in [6.07, 6.45) is -0.0250. The van der Waals surface area contributed by atoms with E-state index in [-0.39, 0.29) is 24.1 Å². The molecule has 3 aromatic rings. The van der Waals surface area contributed by atoms with Crippen LogP contribution >= 0.6 is 11.8 Å². The molecular formula is C25H23N3O5S. The summed E-state index contributed by atoms with van der Waals surface area (Å²) < 4.78 is 10.8. The summed E-state index contributed by atoms with van der Waals surface area (Å²) in [6, 6.07) is 19.4. The van der Waals surface area contributed by atoms with E-state index in [1.807, 2.05) is 30.3 Å². The third kappa shape index (κ3) is 5.15. The minimum atomic E-state index is -0.563. The van der Waals surface area contributed by atoms with Crippen LogP contribution < -0.4 is 25.4 Å². The first kappa shape index (κ1) is 23.2. The molecule has 3 N–H and O–H groups in total. The van der Waals surface area contributed by atoms with Gasteiger partial charge in [-0.2, -0.15) is 0 Å². The van der Waals surface area contributed by atoms with E-state index in [4.69, 9.17) is 9.47 Å². The van der Waals surface area contributed by atoms with E-state index in [1.165, 1.54) is 26.0 Å². The third-order valence-corrected chi connectivity index (χ3v) is 6.43. The molecule has 0 saturated heterocycles. The van der Waals surface area contributed by atoms with Crippen molar-refractivity contribution < 1.29 is 23.9 Å². The Labute approximate surface area is 201 Å². The van der Waals surface area contributed by atoms with Crippen LogP contribution in [0.3, 0.4) is 0 Å². The Morgan fingerprint density at radius 1 is 0.912 bits per heavy atom. The lowest BCUT2D eigenvalue weighted by Crippen LogP contribution is -2.32. The SMILES string of the molecule is COc1cc(NC(=O)c2ccccc2)c(OC)cc1NC(=O)CC1Sc2ccccc2NC1=O. The summed E-state index contributed by atoms with van der Waals surface area (Å²) in [5.74, 6) is -0.197. The lowest BCUT2D eigenvalue weighted by Gasteiger charge is -2.23. The Morgan fingerprint density at radius 3 is 2.21 bits per heavy atom. The fourth-order valence-electron chi connectivity index (χ4n) is 3.47. The molecule has 0 saturated carbocycles. The van der Waals surface area contributed by atoms with Crippen molar-refractivity contribution in [3.8, 4) is 11.5 Å². The summed E-state index contributed by atoms with van der Waals surface area (Å²) in [4.78, 5) is 38.7. The van der Waals surface area contributed by atoms with Crippen LogP contribution in [0.25, 0.3) is 0 Å². The van der Waals surface area contributed by atoms with Crippen molar-refractivity contribution in [2.24, 2.45) is 0 Å². The topological polar surface area (TPSA) is 106 Å². The van der Waals surface area contributed by atoms with E-state index >= 15 is 0 Å². The van der Waals surface area contributed by atoms with Gasteiger partial charge >= 0.3 is 0 Å². The second kappa shape index (κ2) is 10.3. The molecular weight excluding hydrogens is 454 g/mol. The van der Waals surface area contributed by atoms with Gasteiger partial charge in [0, 0.05) is 29.0 Å². The normalized spacial score (nSPS) is 14.4. The largest absolute Gasteiger partial charge is 0.494 e. The molecule has 1 atom stereocenters. The van der Waals surface area contributed by atoms with Crippen molar-refractivity contribution >= 4 is 46.5 Å². The number of nitrogens with one attached hydrogen (secondary N) is 3. The second-order valence-corrected chi connectivity index (χ2v) is 8.66. The van der Waals surface area contributed by atoms with Gasteiger partial charge in [0.2, 0.25) is 11.8 Å². The molecule has 1 aliphatic rings. The van der Waals surface area contributed by atoms with Crippen molar-refractivity contribution in [3.05, 3.63) is 72.3 Å². The van der Waals surface area contributed by atoms with Gasteiger partial charge in [0.05, 0.1) is 36.5 Å². The number of carbonyl (C=O) groups excluding carboxylic acids is 3. The monoisotopic (exact) mass is 477 g/mol. The molecule has 1 heterocycles. The number of carbonyl (C=O) groups is 3. The number of hydrogen-bond donors (Lipinski definition) is 3. The highest BCUT2D eigenvalue weighted by Crippen LogP contribution is 2.39. The number of methoxy groups -OCH3 is 2. The van der Waals surface area contributed by atoms with E-state index in [1.54, 1.807) is 36.4 Å². The third-order valence-electron chi connectivity index (χ3n) is 5.16. The molecule has 0 aliphatic carbocycles. The summed E-state index contributed by atoms with van der Waals surface area (Å²) in [5.41, 5.74) is 1.99. The molecule has 0 fully saturated rings. The summed E-state index contributed by atoms with van der Waals surface area (Å²) in [5, 5.41) is 7.86. The Balaban J connectivity index is 1.49. The van der Waals surface area contributed by atoms with Gasteiger partial charge < -0.3 is 25.4 Å². The quantitative estimate of drug-likeness (QED) is 0.466. The van der Waals surface area contributed by atoms with Crippen LogP contribution in [0.1, 0.15) is 16.8 Å². The molecule has 4 rings (SSSR count). The van der Waals surface area contributed by atoms with E-state index in [0.717, 1.165) is 10.6 Å². The predicted molar refractivity (Wildman–Crippen MR) is 132 cm³/mol. The van der Waals surface area contributed by atoms with Gasteiger partial charge in [-0.05, 0) is 24.3 Å². The van der Waals surface area contributed by atoms with Gasteiger partial charge in [0.15, 0.2) is 0 Å². The fourth-order valence-corrected chi connectivity index (χ4v) is 4.58. The van der Waals surface area contributed by atoms with E-state index in [2.05, 4.69) is 16.0 Å². The first-order chi connectivity index (χ1) is 16.5. The molecule has 3 amide bonds. The Kier molecular flexibility index (Phi) is 7.03. The van der Waals surface area contributed by atoms with Crippen molar-refractivity contribution in [1.82, 2.24) is 0 Å². The molecule has 9 heteroatoms. The molecule has 1 unspecified atom stereocenters. The molecule has 0 bridgehead atoms. The fraction of sp³-hybridized carbons (Fsp3) is 0.160. The molecule has 3 aromatic carbocycles. The van der Waals surface area contributed by atoms with E-state index in [9.17, 15) is 14.4 Å². The molecule has 34 heavy (non-hydrogen) atoms. The Bertz CT molecular complexity index is 1230. The standard InChI is InChI=1S/C25H23N3O5S/c1-32-19-13-18(28-24(30)15-8-4-3-5-9-15)20(33-2)12-17(19)26-23(29)14-22-25(31)27-16-10-6-7-11-21(16)34-22/h3-13,22H,14H2,1-2H3,(H,26,29)(H,27,31)(H,28,30). The summed E-state index contributed by atoms with van der Waals surface area (Å²) in [7, 11) is 2.92. The number of hydrogen-bond acceptors (Lipinski definition) is 6. The molecule has 0 radical (unpaired) electrons. The van der Waals surface area contributed by atoms with E-state index < -0.39 is 5.25 Å². The van der Waals surface area contributed by atoms with Crippen LogP contribution in [0.2, 0.25) is 0 Å². The predicted octanol–water partition coefficient (Wildman–Crippen LogP) is 4.40. The molecule has 1 aliphatic heterocycles. The maximum Gasteiger partial charge on any atom is 0.255 e. The number of amides is 3. The minimum absolute atomic E-state index is 0.0250. The highest BCUT2D eigenvalue weighted by atomic mass is 32.2. The van der Waals surface area contributed by atoms with Crippen molar-refractivity contribution in [1.29, 1.82) is 0 Å². The Morgan fingerprint density at radius 2 is 1.53 bits per heavy atom. The van der Waals surface area contributed by atoms with Crippen LogP contribution in [0.4, 0.5) is 17.1 Å². The summed E-state index contributed by atoms with van der Waals surface area (Å²) >= 11 is 1.35. The maximum atomic E-state index is 12.8. The average molecular weight is 478 g/mol. The first-order valence-electron chi connectivity index (χ1n) is 10.5. The van der Waals surface area contributed by atoms with Gasteiger partial charge in [-0.25, -0.2) is 0 Å². The Hall–Kier alpha value is -3.98. The zero-order valence-corrected chi connectivity index (χ0v) is 19.4. The zero-order valence-electron chi connectivity index (χ0n) is 18.6. The van der Waals surface area contributed by atoms with Gasteiger partial charge in [-0.3, -0.25) is 14.4 Å². The molecule has 0 spiro atoms. The number of rotatable bonds is 7. The number of fused-ring (bicyclic) bond motifs is 1. The van der Waals surface area contributed by atoms with Crippen molar-refractivity contribution in [2.75, 3.05) is 30.2 Å². The number of benzene rings is 3.